The predicted molar refractivity (Wildman–Crippen MR) is 81.3 cm³/mol. The third-order valence-electron chi connectivity index (χ3n) is 3.60. The SMILES string of the molecule is COCc1cccc(C(O)c2ccc(OC3CC3)cc2)c1. The van der Waals surface area contributed by atoms with Gasteiger partial charge in [-0.25, -0.2) is 0 Å². The lowest BCUT2D eigenvalue weighted by Crippen LogP contribution is -2.01. The molecular formula is C18H20O3. The Kier molecular flexibility index (Phi) is 4.23. The molecule has 0 aromatic heterocycles. The molecule has 3 nitrogen and oxygen atoms in total. The van der Waals surface area contributed by atoms with E-state index in [1.165, 1.54) is 0 Å². The number of rotatable bonds is 6. The van der Waals surface area contributed by atoms with E-state index in [9.17, 15) is 5.11 Å². The minimum absolute atomic E-state index is 0.395. The highest BCUT2D eigenvalue weighted by atomic mass is 16.5. The molecule has 1 unspecified atom stereocenters. The summed E-state index contributed by atoms with van der Waals surface area (Å²) in [6, 6.07) is 15.5. The average molecular weight is 284 g/mol. The predicted octanol–water partition coefficient (Wildman–Crippen LogP) is 3.46. The first-order chi connectivity index (χ1) is 10.3. The highest BCUT2D eigenvalue weighted by molar-refractivity contribution is 5.35. The summed E-state index contributed by atoms with van der Waals surface area (Å²) >= 11 is 0. The smallest absolute Gasteiger partial charge is 0.119 e. The lowest BCUT2D eigenvalue weighted by atomic mass is 10.00. The third-order valence-corrected chi connectivity index (χ3v) is 3.60. The van der Waals surface area contributed by atoms with Crippen molar-refractivity contribution in [2.75, 3.05) is 7.11 Å². The van der Waals surface area contributed by atoms with E-state index in [2.05, 4.69) is 0 Å². The van der Waals surface area contributed by atoms with Crippen LogP contribution < -0.4 is 4.74 Å². The lowest BCUT2D eigenvalue weighted by molar-refractivity contribution is 0.184. The van der Waals surface area contributed by atoms with E-state index in [4.69, 9.17) is 9.47 Å². The molecule has 1 N–H and O–H groups in total. The van der Waals surface area contributed by atoms with Gasteiger partial charge in [0.25, 0.3) is 0 Å². The number of hydrogen-bond donors (Lipinski definition) is 1. The Hall–Kier alpha value is -1.84. The van der Waals surface area contributed by atoms with E-state index in [0.717, 1.165) is 35.3 Å². The van der Waals surface area contributed by atoms with Crippen molar-refractivity contribution >= 4 is 0 Å². The van der Waals surface area contributed by atoms with Crippen molar-refractivity contribution in [2.24, 2.45) is 0 Å². The summed E-state index contributed by atoms with van der Waals surface area (Å²) < 4.78 is 10.8. The Labute approximate surface area is 125 Å². The van der Waals surface area contributed by atoms with E-state index >= 15 is 0 Å². The molecule has 0 bridgehead atoms. The molecule has 1 atom stereocenters. The fraction of sp³-hybridized carbons (Fsp3) is 0.333. The highest BCUT2D eigenvalue weighted by Gasteiger charge is 2.23. The normalized spacial score (nSPS) is 15.7. The first kappa shape index (κ1) is 14.1. The van der Waals surface area contributed by atoms with Gasteiger partial charge in [-0.3, -0.25) is 0 Å². The summed E-state index contributed by atoms with van der Waals surface area (Å²) in [6.45, 7) is 0.550. The second kappa shape index (κ2) is 6.29. The maximum absolute atomic E-state index is 10.5. The van der Waals surface area contributed by atoms with E-state index in [1.807, 2.05) is 48.5 Å². The molecule has 1 aliphatic carbocycles. The molecule has 3 rings (SSSR count). The Bertz CT molecular complexity index is 588. The van der Waals surface area contributed by atoms with Gasteiger partial charge in [0.2, 0.25) is 0 Å². The fourth-order valence-electron chi connectivity index (χ4n) is 2.32. The number of benzene rings is 2. The largest absolute Gasteiger partial charge is 0.490 e. The van der Waals surface area contributed by atoms with Gasteiger partial charge >= 0.3 is 0 Å². The van der Waals surface area contributed by atoms with Crippen LogP contribution in [-0.4, -0.2) is 18.3 Å². The zero-order valence-electron chi connectivity index (χ0n) is 12.2. The van der Waals surface area contributed by atoms with Gasteiger partial charge in [-0.05, 0) is 41.7 Å². The molecular weight excluding hydrogens is 264 g/mol. The quantitative estimate of drug-likeness (QED) is 0.883. The van der Waals surface area contributed by atoms with Gasteiger partial charge < -0.3 is 14.6 Å². The molecule has 1 saturated carbocycles. The van der Waals surface area contributed by atoms with Crippen molar-refractivity contribution in [3.63, 3.8) is 0 Å². The van der Waals surface area contributed by atoms with E-state index in [1.54, 1.807) is 7.11 Å². The molecule has 0 heterocycles. The molecule has 1 aliphatic rings. The summed E-state index contributed by atoms with van der Waals surface area (Å²) in [7, 11) is 1.67. The highest BCUT2D eigenvalue weighted by Crippen LogP contribution is 2.29. The van der Waals surface area contributed by atoms with E-state index in [-0.39, 0.29) is 0 Å². The monoisotopic (exact) mass is 284 g/mol. The van der Waals surface area contributed by atoms with Crippen molar-refractivity contribution in [1.29, 1.82) is 0 Å². The van der Waals surface area contributed by atoms with Crippen LogP contribution in [0.4, 0.5) is 0 Å². The van der Waals surface area contributed by atoms with Crippen molar-refractivity contribution in [3.05, 3.63) is 65.2 Å². The Morgan fingerprint density at radius 2 is 1.86 bits per heavy atom. The van der Waals surface area contributed by atoms with Crippen LogP contribution in [0.1, 0.15) is 35.6 Å². The van der Waals surface area contributed by atoms with Crippen LogP contribution in [0.5, 0.6) is 5.75 Å². The van der Waals surface area contributed by atoms with Gasteiger partial charge in [0, 0.05) is 7.11 Å². The Balaban J connectivity index is 1.73. The Morgan fingerprint density at radius 3 is 2.52 bits per heavy atom. The minimum atomic E-state index is -0.628. The molecule has 2 aromatic rings. The molecule has 0 spiro atoms. The standard InChI is InChI=1S/C18H20O3/c1-20-12-13-3-2-4-15(11-13)18(19)14-5-7-16(8-6-14)21-17-9-10-17/h2-8,11,17-19H,9-10,12H2,1H3. The van der Waals surface area contributed by atoms with Crippen molar-refractivity contribution in [3.8, 4) is 5.75 Å². The average Bonchev–Trinajstić information content (AvgIpc) is 3.32. The van der Waals surface area contributed by atoms with Crippen LogP contribution in [0.3, 0.4) is 0 Å². The fourth-order valence-corrected chi connectivity index (χ4v) is 2.32. The van der Waals surface area contributed by atoms with Crippen LogP contribution >= 0.6 is 0 Å². The number of methoxy groups -OCH3 is 1. The second-order valence-electron chi connectivity index (χ2n) is 5.47. The molecule has 0 amide bonds. The molecule has 0 aliphatic heterocycles. The topological polar surface area (TPSA) is 38.7 Å². The third kappa shape index (κ3) is 3.63. The van der Waals surface area contributed by atoms with E-state index < -0.39 is 6.10 Å². The van der Waals surface area contributed by atoms with Gasteiger partial charge in [-0.1, -0.05) is 36.4 Å². The van der Waals surface area contributed by atoms with Crippen molar-refractivity contribution < 1.29 is 14.6 Å². The molecule has 0 radical (unpaired) electrons. The maximum Gasteiger partial charge on any atom is 0.119 e. The molecule has 2 aromatic carbocycles. The summed E-state index contributed by atoms with van der Waals surface area (Å²) in [5.74, 6) is 0.876. The first-order valence-corrected chi connectivity index (χ1v) is 7.29. The van der Waals surface area contributed by atoms with Crippen LogP contribution in [0, 0.1) is 0 Å². The second-order valence-corrected chi connectivity index (χ2v) is 5.47. The number of aliphatic hydroxyl groups is 1. The van der Waals surface area contributed by atoms with Crippen molar-refractivity contribution in [2.45, 2.75) is 31.7 Å². The summed E-state index contributed by atoms with van der Waals surface area (Å²) in [5, 5.41) is 10.5. The maximum atomic E-state index is 10.5. The van der Waals surface area contributed by atoms with Crippen molar-refractivity contribution in [1.82, 2.24) is 0 Å². The zero-order valence-corrected chi connectivity index (χ0v) is 12.2. The molecule has 21 heavy (non-hydrogen) atoms. The molecule has 0 saturated heterocycles. The number of aliphatic hydroxyl groups excluding tert-OH is 1. The first-order valence-electron chi connectivity index (χ1n) is 7.29. The minimum Gasteiger partial charge on any atom is -0.490 e. The number of hydrogen-bond acceptors (Lipinski definition) is 3. The van der Waals surface area contributed by atoms with Gasteiger partial charge in [0.1, 0.15) is 11.9 Å². The van der Waals surface area contributed by atoms with Crippen LogP contribution in [0.25, 0.3) is 0 Å². The molecule has 3 heteroatoms. The summed E-state index contributed by atoms with van der Waals surface area (Å²) in [6.07, 6.45) is 2.07. The van der Waals surface area contributed by atoms with Crippen LogP contribution in [-0.2, 0) is 11.3 Å². The lowest BCUT2D eigenvalue weighted by Gasteiger charge is -2.13. The summed E-state index contributed by atoms with van der Waals surface area (Å²) in [5.41, 5.74) is 2.80. The van der Waals surface area contributed by atoms with Gasteiger partial charge in [0.05, 0.1) is 12.7 Å². The number of ether oxygens (including phenoxy) is 2. The van der Waals surface area contributed by atoms with Gasteiger partial charge in [0.15, 0.2) is 0 Å². The molecule has 1 fully saturated rings. The zero-order chi connectivity index (χ0) is 14.7. The Morgan fingerprint density at radius 1 is 1.10 bits per heavy atom. The van der Waals surface area contributed by atoms with Crippen LogP contribution in [0.2, 0.25) is 0 Å². The summed E-state index contributed by atoms with van der Waals surface area (Å²) in [4.78, 5) is 0. The molecule has 110 valence electrons. The van der Waals surface area contributed by atoms with Gasteiger partial charge in [-0.15, -0.1) is 0 Å². The van der Waals surface area contributed by atoms with Crippen LogP contribution in [0.15, 0.2) is 48.5 Å². The van der Waals surface area contributed by atoms with Gasteiger partial charge in [-0.2, -0.15) is 0 Å². The van der Waals surface area contributed by atoms with E-state index in [0.29, 0.717) is 12.7 Å².